The van der Waals surface area contributed by atoms with E-state index >= 15 is 0 Å². The van der Waals surface area contributed by atoms with E-state index in [9.17, 15) is 0 Å². The fourth-order valence-electron chi connectivity index (χ4n) is 3.39. The molecule has 2 aliphatic rings. The summed E-state index contributed by atoms with van der Waals surface area (Å²) in [4.78, 5) is 12.7. The first-order valence-electron chi connectivity index (χ1n) is 7.27. The molecule has 0 aromatic carbocycles. The Balaban J connectivity index is 1.54. The summed E-state index contributed by atoms with van der Waals surface area (Å²) in [5.74, 6) is 2.41. The van der Waals surface area contributed by atoms with E-state index in [0.717, 1.165) is 12.3 Å². The molecule has 6 nitrogen and oxygen atoms in total. The van der Waals surface area contributed by atoms with E-state index in [1.165, 1.54) is 25.7 Å². The molecule has 1 saturated heterocycles. The van der Waals surface area contributed by atoms with E-state index in [1.807, 2.05) is 0 Å². The van der Waals surface area contributed by atoms with Crippen LogP contribution in [-0.2, 0) is 0 Å². The molecule has 1 aliphatic carbocycles. The first-order chi connectivity index (χ1) is 9.90. The Labute approximate surface area is 117 Å². The maximum absolute atomic E-state index is 5.41. The van der Waals surface area contributed by atoms with E-state index in [-0.39, 0.29) is 6.04 Å². The lowest BCUT2D eigenvalue weighted by atomic mass is 9.85. The zero-order valence-electron chi connectivity index (χ0n) is 11.2. The number of fused-ring (bicyclic) bond motifs is 1. The van der Waals surface area contributed by atoms with Crippen molar-refractivity contribution < 1.29 is 4.52 Å². The third-order valence-corrected chi connectivity index (χ3v) is 4.37. The molecule has 3 unspecified atom stereocenters. The number of rotatable bonds is 2. The molecular formula is C14H17N5O. The van der Waals surface area contributed by atoms with E-state index < -0.39 is 0 Å². The van der Waals surface area contributed by atoms with Gasteiger partial charge in [0.05, 0.1) is 6.04 Å². The van der Waals surface area contributed by atoms with Gasteiger partial charge in [0.1, 0.15) is 0 Å². The molecule has 6 heteroatoms. The average molecular weight is 271 g/mol. The minimum Gasteiger partial charge on any atom is -0.337 e. The number of nitrogens with one attached hydrogen (secondary N) is 1. The number of hydrogen-bond acceptors (Lipinski definition) is 6. The van der Waals surface area contributed by atoms with Crippen molar-refractivity contribution in [2.45, 2.75) is 44.2 Å². The topological polar surface area (TPSA) is 76.7 Å². The predicted molar refractivity (Wildman–Crippen MR) is 71.6 cm³/mol. The Hall–Kier alpha value is -1.82. The monoisotopic (exact) mass is 271 g/mol. The van der Waals surface area contributed by atoms with E-state index in [4.69, 9.17) is 4.52 Å². The van der Waals surface area contributed by atoms with Crippen LogP contribution in [0, 0.1) is 5.92 Å². The maximum Gasteiger partial charge on any atom is 0.244 e. The molecule has 1 N–H and O–H groups in total. The zero-order valence-corrected chi connectivity index (χ0v) is 11.2. The van der Waals surface area contributed by atoms with Crippen LogP contribution in [0.2, 0.25) is 0 Å². The average Bonchev–Trinajstić information content (AvgIpc) is 3.14. The van der Waals surface area contributed by atoms with E-state index in [1.54, 1.807) is 18.5 Å². The summed E-state index contributed by atoms with van der Waals surface area (Å²) < 4.78 is 5.41. The van der Waals surface area contributed by atoms with Crippen LogP contribution < -0.4 is 5.32 Å². The van der Waals surface area contributed by atoms with Gasteiger partial charge in [0.25, 0.3) is 0 Å². The quantitative estimate of drug-likeness (QED) is 0.901. The normalized spacial score (nSPS) is 29.3. The van der Waals surface area contributed by atoms with Gasteiger partial charge >= 0.3 is 0 Å². The SMILES string of the molecule is c1cnc(-c2noc(C3CC4CCCCC4N3)n2)nc1. The molecule has 0 spiro atoms. The van der Waals surface area contributed by atoms with Crippen molar-refractivity contribution in [3.63, 3.8) is 0 Å². The smallest absolute Gasteiger partial charge is 0.244 e. The van der Waals surface area contributed by atoms with Crippen LogP contribution in [0.4, 0.5) is 0 Å². The highest BCUT2D eigenvalue weighted by Crippen LogP contribution is 2.38. The predicted octanol–water partition coefficient (Wildman–Crippen LogP) is 2.12. The van der Waals surface area contributed by atoms with Crippen LogP contribution in [-0.4, -0.2) is 26.2 Å². The Morgan fingerprint density at radius 1 is 1.10 bits per heavy atom. The van der Waals surface area contributed by atoms with Gasteiger partial charge in [-0.3, -0.25) is 0 Å². The van der Waals surface area contributed by atoms with Crippen LogP contribution in [0.15, 0.2) is 23.0 Å². The molecule has 2 aromatic rings. The van der Waals surface area contributed by atoms with Gasteiger partial charge < -0.3 is 9.84 Å². The van der Waals surface area contributed by atoms with Gasteiger partial charge in [0.2, 0.25) is 17.5 Å². The zero-order chi connectivity index (χ0) is 13.4. The fourth-order valence-corrected chi connectivity index (χ4v) is 3.39. The molecule has 0 bridgehead atoms. The molecule has 1 aliphatic heterocycles. The largest absolute Gasteiger partial charge is 0.337 e. The summed E-state index contributed by atoms with van der Waals surface area (Å²) in [6.07, 6.45) is 9.72. The number of hydrogen-bond donors (Lipinski definition) is 1. The number of aromatic nitrogens is 4. The molecule has 20 heavy (non-hydrogen) atoms. The standard InChI is InChI=1S/C14H17N5O/c1-2-5-10-9(4-1)8-11(17-10)14-18-13(19-20-14)12-15-6-3-7-16-12/h3,6-7,9-11,17H,1-2,4-5,8H2. The van der Waals surface area contributed by atoms with Crippen molar-refractivity contribution in [1.82, 2.24) is 25.4 Å². The highest BCUT2D eigenvalue weighted by Gasteiger charge is 2.38. The molecule has 3 heterocycles. The lowest BCUT2D eigenvalue weighted by molar-refractivity contribution is 0.324. The van der Waals surface area contributed by atoms with Crippen LogP contribution in [0.1, 0.15) is 44.0 Å². The van der Waals surface area contributed by atoms with E-state index in [2.05, 4.69) is 25.4 Å². The van der Waals surface area contributed by atoms with Crippen LogP contribution in [0.3, 0.4) is 0 Å². The van der Waals surface area contributed by atoms with Gasteiger partial charge in [-0.15, -0.1) is 0 Å². The summed E-state index contributed by atoms with van der Waals surface area (Å²) in [6, 6.07) is 2.58. The Kier molecular flexibility index (Phi) is 2.95. The minimum atomic E-state index is 0.188. The van der Waals surface area contributed by atoms with Gasteiger partial charge in [0, 0.05) is 18.4 Å². The molecule has 2 fully saturated rings. The Bertz CT molecular complexity index is 570. The lowest BCUT2D eigenvalue weighted by Gasteiger charge is -2.24. The van der Waals surface area contributed by atoms with Crippen LogP contribution in [0.5, 0.6) is 0 Å². The van der Waals surface area contributed by atoms with Crippen LogP contribution in [0.25, 0.3) is 11.6 Å². The van der Waals surface area contributed by atoms with Crippen molar-refractivity contribution >= 4 is 0 Å². The molecule has 0 amide bonds. The highest BCUT2D eigenvalue weighted by molar-refractivity contribution is 5.40. The van der Waals surface area contributed by atoms with Crippen molar-refractivity contribution in [3.8, 4) is 11.6 Å². The lowest BCUT2D eigenvalue weighted by Crippen LogP contribution is -2.30. The van der Waals surface area contributed by atoms with Crippen molar-refractivity contribution in [1.29, 1.82) is 0 Å². The van der Waals surface area contributed by atoms with Gasteiger partial charge in [-0.2, -0.15) is 4.98 Å². The van der Waals surface area contributed by atoms with Crippen molar-refractivity contribution in [3.05, 3.63) is 24.4 Å². The second-order valence-corrected chi connectivity index (χ2v) is 5.63. The summed E-state index contributed by atoms with van der Waals surface area (Å²) in [5, 5.41) is 7.63. The molecule has 0 radical (unpaired) electrons. The maximum atomic E-state index is 5.41. The molecule has 3 atom stereocenters. The first kappa shape index (κ1) is 12.0. The minimum absolute atomic E-state index is 0.188. The fraction of sp³-hybridized carbons (Fsp3) is 0.571. The van der Waals surface area contributed by atoms with Gasteiger partial charge in [0.15, 0.2) is 0 Å². The first-order valence-corrected chi connectivity index (χ1v) is 7.27. The summed E-state index contributed by atoms with van der Waals surface area (Å²) >= 11 is 0. The highest BCUT2D eigenvalue weighted by atomic mass is 16.5. The van der Waals surface area contributed by atoms with Gasteiger partial charge in [-0.05, 0) is 31.2 Å². The number of nitrogens with zero attached hydrogens (tertiary/aromatic N) is 4. The van der Waals surface area contributed by atoms with Crippen LogP contribution >= 0.6 is 0 Å². The van der Waals surface area contributed by atoms with E-state index in [0.29, 0.717) is 23.6 Å². The second kappa shape index (κ2) is 4.94. The molecule has 4 rings (SSSR count). The Morgan fingerprint density at radius 2 is 1.95 bits per heavy atom. The summed E-state index contributed by atoms with van der Waals surface area (Å²) in [7, 11) is 0. The summed E-state index contributed by atoms with van der Waals surface area (Å²) in [5.41, 5.74) is 0. The molecule has 1 saturated carbocycles. The third kappa shape index (κ3) is 2.10. The van der Waals surface area contributed by atoms with Crippen molar-refractivity contribution in [2.24, 2.45) is 5.92 Å². The Morgan fingerprint density at radius 3 is 2.80 bits per heavy atom. The third-order valence-electron chi connectivity index (χ3n) is 4.37. The molecular weight excluding hydrogens is 254 g/mol. The van der Waals surface area contributed by atoms with Gasteiger partial charge in [-0.1, -0.05) is 18.0 Å². The van der Waals surface area contributed by atoms with Crippen molar-refractivity contribution in [2.75, 3.05) is 0 Å². The van der Waals surface area contributed by atoms with Gasteiger partial charge in [-0.25, -0.2) is 9.97 Å². The molecule has 2 aromatic heterocycles. The summed E-state index contributed by atoms with van der Waals surface area (Å²) in [6.45, 7) is 0. The second-order valence-electron chi connectivity index (χ2n) is 5.63. The molecule has 104 valence electrons.